The monoisotopic (exact) mass is 518 g/mol. The van der Waals surface area contributed by atoms with E-state index in [0.29, 0.717) is 17.1 Å². The van der Waals surface area contributed by atoms with Crippen molar-refractivity contribution in [3.8, 4) is 22.6 Å². The average Bonchev–Trinajstić information content (AvgIpc) is 3.62. The maximum Gasteiger partial charge on any atom is 0.251 e. The van der Waals surface area contributed by atoms with Gasteiger partial charge in [0.25, 0.3) is 5.91 Å². The number of rotatable bonds is 10. The van der Waals surface area contributed by atoms with Crippen molar-refractivity contribution in [3.05, 3.63) is 77.4 Å². The van der Waals surface area contributed by atoms with Gasteiger partial charge < -0.3 is 25.2 Å². The van der Waals surface area contributed by atoms with E-state index in [9.17, 15) is 14.7 Å². The molecule has 0 bridgehead atoms. The van der Waals surface area contributed by atoms with Crippen molar-refractivity contribution in [2.45, 2.75) is 57.4 Å². The topological polar surface area (TPSA) is 96.9 Å². The largest absolute Gasteiger partial charge is 0.454 e. The molecule has 0 saturated heterocycles. The number of anilines is 1. The van der Waals surface area contributed by atoms with Gasteiger partial charge in [-0.1, -0.05) is 44.0 Å². The van der Waals surface area contributed by atoms with E-state index < -0.39 is 5.41 Å². The Bertz CT molecular complexity index is 1340. The van der Waals surface area contributed by atoms with Gasteiger partial charge in [-0.15, -0.1) is 0 Å². The van der Waals surface area contributed by atoms with Crippen LogP contribution in [0, 0.1) is 6.92 Å². The van der Waals surface area contributed by atoms with E-state index in [1.54, 1.807) is 12.1 Å². The molecule has 0 aromatic heterocycles. The van der Waals surface area contributed by atoms with Crippen LogP contribution in [0.3, 0.4) is 0 Å². The zero-order valence-electron chi connectivity index (χ0n) is 21.9. The summed E-state index contributed by atoms with van der Waals surface area (Å²) in [5.41, 5.74) is 4.67. The van der Waals surface area contributed by atoms with Gasteiger partial charge in [0.05, 0.1) is 18.1 Å². The molecule has 2 amide bonds. The summed E-state index contributed by atoms with van der Waals surface area (Å²) >= 11 is 0. The number of aliphatic hydroxyl groups is 1. The molecular formula is C31H38N2O5. The molecule has 3 aromatic carbocycles. The van der Waals surface area contributed by atoms with Crippen molar-refractivity contribution in [2.24, 2.45) is 0 Å². The van der Waals surface area contributed by atoms with Gasteiger partial charge in [-0.2, -0.15) is 0 Å². The molecule has 7 heteroatoms. The molecule has 1 aliphatic heterocycles. The lowest BCUT2D eigenvalue weighted by atomic mass is 9.94. The number of ether oxygens (including phenoxy) is 2. The fraction of sp³-hybridized carbons (Fsp3) is 0.355. The van der Waals surface area contributed by atoms with Gasteiger partial charge in [-0.3, -0.25) is 9.59 Å². The second-order valence-corrected chi connectivity index (χ2v) is 10.2. The fourth-order valence-electron chi connectivity index (χ4n) is 4.96. The minimum atomic E-state index is -0.551. The number of unbranched alkanes of at least 4 members (excludes halogenated alkanes) is 1. The molecule has 1 fully saturated rings. The molecule has 38 heavy (non-hydrogen) atoms. The maximum absolute atomic E-state index is 13.4. The number of benzene rings is 3. The number of hydrogen-bond acceptors (Lipinski definition) is 5. The highest BCUT2D eigenvalue weighted by molar-refractivity contribution is 6.02. The molecule has 3 aromatic rings. The molecule has 5 rings (SSSR count). The van der Waals surface area contributed by atoms with Crippen LogP contribution in [0.4, 0.5) is 5.69 Å². The van der Waals surface area contributed by atoms with Crippen LogP contribution >= 0.6 is 0 Å². The average molecular weight is 519 g/mol. The van der Waals surface area contributed by atoms with Crippen LogP contribution in [0.1, 0.15) is 63.4 Å². The van der Waals surface area contributed by atoms with E-state index in [0.717, 1.165) is 60.0 Å². The minimum Gasteiger partial charge on any atom is -0.454 e. The molecule has 0 radical (unpaired) electrons. The van der Waals surface area contributed by atoms with E-state index in [1.807, 2.05) is 55.5 Å². The van der Waals surface area contributed by atoms with Crippen molar-refractivity contribution in [1.29, 1.82) is 0 Å². The van der Waals surface area contributed by atoms with E-state index in [-0.39, 0.29) is 34.1 Å². The molecule has 3 N–H and O–H groups in total. The summed E-state index contributed by atoms with van der Waals surface area (Å²) in [5, 5.41) is 15.6. The lowest BCUT2D eigenvalue weighted by Gasteiger charge is -2.18. The molecule has 1 aliphatic carbocycles. The summed E-state index contributed by atoms with van der Waals surface area (Å²) in [5.74, 6) is 1.17. The first-order valence-corrected chi connectivity index (χ1v) is 13.3. The maximum atomic E-state index is 13.4. The van der Waals surface area contributed by atoms with Crippen LogP contribution in [-0.2, 0) is 10.2 Å². The van der Waals surface area contributed by atoms with Gasteiger partial charge in [0.2, 0.25) is 12.7 Å². The van der Waals surface area contributed by atoms with Crippen LogP contribution < -0.4 is 20.1 Å². The third-order valence-electron chi connectivity index (χ3n) is 7.53. The summed E-state index contributed by atoms with van der Waals surface area (Å²) in [6.07, 6.45) is 4.30. The van der Waals surface area contributed by atoms with Crippen LogP contribution in [0.25, 0.3) is 11.1 Å². The van der Waals surface area contributed by atoms with Gasteiger partial charge in [-0.25, -0.2) is 0 Å². The number of nitrogens with one attached hydrogen (secondary N) is 2. The number of hydrogen-bond donors (Lipinski definition) is 3. The zero-order chi connectivity index (χ0) is 26.7. The van der Waals surface area contributed by atoms with Crippen molar-refractivity contribution in [1.82, 2.24) is 5.32 Å². The molecule has 1 atom stereocenters. The number of aryl methyl sites for hydroxylation is 1. The SMILES string of the molecule is CCCC[C@H](CO)NC(=O)c1ccc(-c2cc(NC(=O)C3(c4ccc5c(c4)OCO5)CC3)ccc2C)cc1.[HH].[HH]. The number of aliphatic hydroxyl groups excluding tert-OH is 1. The quantitative estimate of drug-likeness (QED) is 0.314. The zero-order valence-corrected chi connectivity index (χ0v) is 21.9. The second kappa shape index (κ2) is 10.9. The van der Waals surface area contributed by atoms with Crippen molar-refractivity contribution in [3.63, 3.8) is 0 Å². The Morgan fingerprint density at radius 1 is 1.03 bits per heavy atom. The molecule has 2 aliphatic rings. The predicted octanol–water partition coefficient (Wildman–Crippen LogP) is 5.83. The fourth-order valence-corrected chi connectivity index (χ4v) is 4.96. The Morgan fingerprint density at radius 3 is 2.50 bits per heavy atom. The first-order valence-electron chi connectivity index (χ1n) is 13.3. The normalized spacial score (nSPS) is 15.6. The van der Waals surface area contributed by atoms with Crippen molar-refractivity contribution >= 4 is 17.5 Å². The third-order valence-corrected chi connectivity index (χ3v) is 7.53. The molecule has 0 spiro atoms. The number of amides is 2. The summed E-state index contributed by atoms with van der Waals surface area (Å²) in [4.78, 5) is 26.0. The molecule has 202 valence electrons. The lowest BCUT2D eigenvalue weighted by molar-refractivity contribution is -0.118. The standard InChI is InChI=1S/C31H34N2O5.2H2/c1-3-4-5-25(18-34)32-29(35)22-9-7-21(8-10-22)26-17-24(12-6-20(26)2)33-30(36)31(14-15-31)23-11-13-27-28(16-23)38-19-37-27;;/h6-13,16-17,25,34H,3-5,14-15,18-19H2,1-2H3,(H,32,35)(H,33,36);2*1H/t25-;;/m1../s1. The van der Waals surface area contributed by atoms with E-state index >= 15 is 0 Å². The molecular weight excluding hydrogens is 480 g/mol. The lowest BCUT2D eigenvalue weighted by Crippen LogP contribution is -2.37. The molecule has 1 saturated carbocycles. The minimum absolute atomic E-state index is 0. The van der Waals surface area contributed by atoms with Gasteiger partial charge >= 0.3 is 0 Å². The van der Waals surface area contributed by atoms with Crippen LogP contribution in [-0.4, -0.2) is 36.4 Å². The first kappa shape index (κ1) is 25.8. The number of carbonyl (C=O) groups is 2. The van der Waals surface area contributed by atoms with Crippen molar-refractivity contribution < 1.29 is 27.0 Å². The molecule has 7 nitrogen and oxygen atoms in total. The summed E-state index contributed by atoms with van der Waals surface area (Å²) < 4.78 is 10.9. The van der Waals surface area contributed by atoms with Gasteiger partial charge in [0, 0.05) is 14.1 Å². The van der Waals surface area contributed by atoms with Gasteiger partial charge in [-0.05, 0) is 84.8 Å². The Kier molecular flexibility index (Phi) is 7.38. The van der Waals surface area contributed by atoms with Crippen molar-refractivity contribution in [2.75, 3.05) is 18.7 Å². The third kappa shape index (κ3) is 5.24. The second-order valence-electron chi connectivity index (χ2n) is 10.2. The summed E-state index contributed by atoms with van der Waals surface area (Å²) in [7, 11) is 0. The Labute approximate surface area is 226 Å². The number of fused-ring (bicyclic) bond motifs is 1. The highest BCUT2D eigenvalue weighted by Gasteiger charge is 2.51. The van der Waals surface area contributed by atoms with E-state index in [4.69, 9.17) is 9.47 Å². The van der Waals surface area contributed by atoms with Crippen LogP contribution in [0.5, 0.6) is 11.5 Å². The predicted molar refractivity (Wildman–Crippen MR) is 151 cm³/mol. The summed E-state index contributed by atoms with van der Waals surface area (Å²) in [6.45, 7) is 4.24. The summed E-state index contributed by atoms with van der Waals surface area (Å²) in [6, 6.07) is 18.8. The molecule has 1 heterocycles. The van der Waals surface area contributed by atoms with Gasteiger partial charge in [0.1, 0.15) is 0 Å². The van der Waals surface area contributed by atoms with Gasteiger partial charge in [0.15, 0.2) is 11.5 Å². The van der Waals surface area contributed by atoms with E-state index in [2.05, 4.69) is 17.6 Å². The smallest absolute Gasteiger partial charge is 0.251 e. The highest BCUT2D eigenvalue weighted by Crippen LogP contribution is 2.51. The molecule has 0 unspecified atom stereocenters. The van der Waals surface area contributed by atoms with E-state index in [1.165, 1.54) is 0 Å². The van der Waals surface area contributed by atoms with Crippen LogP contribution in [0.15, 0.2) is 60.7 Å². The Morgan fingerprint density at radius 2 is 1.79 bits per heavy atom. The number of carbonyl (C=O) groups excluding carboxylic acids is 2. The Hall–Kier alpha value is -3.84. The van der Waals surface area contributed by atoms with Crippen LogP contribution in [0.2, 0.25) is 0 Å². The Balaban J connectivity index is 0.00000220. The highest BCUT2D eigenvalue weighted by atomic mass is 16.7. The first-order chi connectivity index (χ1) is 18.4.